The summed E-state index contributed by atoms with van der Waals surface area (Å²) in [5.41, 5.74) is 3.98. The van der Waals surface area contributed by atoms with Gasteiger partial charge in [-0.25, -0.2) is 9.50 Å². The Kier molecular flexibility index (Phi) is 6.31. The Morgan fingerprint density at radius 2 is 1.83 bits per heavy atom. The zero-order chi connectivity index (χ0) is 21.0. The van der Waals surface area contributed by atoms with Gasteiger partial charge in [-0.2, -0.15) is 10.1 Å². The van der Waals surface area contributed by atoms with Gasteiger partial charge in [-0.05, 0) is 56.9 Å². The average Bonchev–Trinajstić information content (AvgIpc) is 3.07. The average molecular weight is 397 g/mol. The van der Waals surface area contributed by atoms with Crippen LogP contribution in [0.25, 0.3) is 5.78 Å². The van der Waals surface area contributed by atoms with Crippen LogP contribution in [0.5, 0.6) is 11.5 Å². The summed E-state index contributed by atoms with van der Waals surface area (Å²) in [6, 6.07) is 5.77. The Bertz CT molecular complexity index is 1030. The van der Waals surface area contributed by atoms with Gasteiger partial charge in [-0.15, -0.1) is 0 Å². The number of carbonyl (C=O) groups excluding carboxylic acids is 1. The minimum absolute atomic E-state index is 0.0131. The summed E-state index contributed by atoms with van der Waals surface area (Å²) in [5, 5.41) is 7.36. The Morgan fingerprint density at radius 3 is 2.55 bits per heavy atom. The van der Waals surface area contributed by atoms with E-state index in [4.69, 9.17) is 9.47 Å². The normalized spacial score (nSPS) is 10.9. The van der Waals surface area contributed by atoms with Gasteiger partial charge in [-0.1, -0.05) is 6.07 Å². The van der Waals surface area contributed by atoms with E-state index in [1.165, 1.54) is 0 Å². The maximum Gasteiger partial charge on any atom is 0.252 e. The number of aryl methyl sites for hydroxylation is 3. The number of hydrogen-bond acceptors (Lipinski definition) is 6. The van der Waals surface area contributed by atoms with Crippen molar-refractivity contribution in [2.24, 2.45) is 0 Å². The van der Waals surface area contributed by atoms with Crippen molar-refractivity contribution in [2.75, 3.05) is 20.8 Å². The van der Waals surface area contributed by atoms with E-state index in [0.717, 1.165) is 28.9 Å². The summed E-state index contributed by atoms with van der Waals surface area (Å²) in [6.07, 6.45) is 1.73. The topological polar surface area (TPSA) is 90.6 Å². The molecule has 1 aromatic carbocycles. The Balaban J connectivity index is 1.55. The number of fused-ring (bicyclic) bond motifs is 1. The van der Waals surface area contributed by atoms with Crippen molar-refractivity contribution in [3.8, 4) is 11.5 Å². The van der Waals surface area contributed by atoms with Gasteiger partial charge in [0.1, 0.15) is 5.82 Å². The van der Waals surface area contributed by atoms with Crippen LogP contribution in [0, 0.1) is 20.8 Å². The molecule has 154 valence electrons. The van der Waals surface area contributed by atoms with Crippen LogP contribution in [0.1, 0.15) is 34.8 Å². The predicted molar refractivity (Wildman–Crippen MR) is 110 cm³/mol. The molecule has 0 aliphatic heterocycles. The number of ether oxygens (including phenoxy) is 2. The van der Waals surface area contributed by atoms with Crippen LogP contribution in [0.15, 0.2) is 18.2 Å². The van der Waals surface area contributed by atoms with Crippen LogP contribution in [0.2, 0.25) is 0 Å². The third kappa shape index (κ3) is 4.64. The fraction of sp³-hybridized carbons (Fsp3) is 0.429. The molecule has 0 unspecified atom stereocenters. The monoisotopic (exact) mass is 397 g/mol. The minimum atomic E-state index is 0.0131. The molecular weight excluding hydrogens is 370 g/mol. The first kappa shape index (κ1) is 20.6. The van der Waals surface area contributed by atoms with Gasteiger partial charge in [0.25, 0.3) is 5.78 Å². The van der Waals surface area contributed by atoms with E-state index >= 15 is 0 Å². The van der Waals surface area contributed by atoms with E-state index in [-0.39, 0.29) is 5.91 Å². The van der Waals surface area contributed by atoms with Gasteiger partial charge < -0.3 is 14.8 Å². The summed E-state index contributed by atoms with van der Waals surface area (Å²) in [7, 11) is 3.22. The quantitative estimate of drug-likeness (QED) is 0.628. The largest absolute Gasteiger partial charge is 0.493 e. The fourth-order valence-corrected chi connectivity index (χ4v) is 3.38. The first-order chi connectivity index (χ1) is 13.9. The number of nitrogens with zero attached hydrogens (tertiary/aromatic N) is 4. The molecule has 3 aromatic rings. The molecule has 0 saturated heterocycles. The lowest BCUT2D eigenvalue weighted by atomic mass is 10.1. The highest BCUT2D eigenvalue weighted by Crippen LogP contribution is 2.27. The number of benzene rings is 1. The third-order valence-corrected chi connectivity index (χ3v) is 4.94. The van der Waals surface area contributed by atoms with Crippen LogP contribution in [0.3, 0.4) is 0 Å². The van der Waals surface area contributed by atoms with E-state index < -0.39 is 0 Å². The molecule has 1 amide bonds. The number of methoxy groups -OCH3 is 2. The molecule has 0 bridgehead atoms. The molecule has 0 saturated carbocycles. The lowest BCUT2D eigenvalue weighted by Crippen LogP contribution is -2.26. The predicted octanol–water partition coefficient (Wildman–Crippen LogP) is 2.36. The van der Waals surface area contributed by atoms with Crippen LogP contribution < -0.4 is 14.8 Å². The zero-order valence-corrected chi connectivity index (χ0v) is 17.6. The number of aromatic nitrogens is 4. The van der Waals surface area contributed by atoms with Crippen molar-refractivity contribution in [2.45, 2.75) is 40.0 Å². The molecule has 29 heavy (non-hydrogen) atoms. The first-order valence-electron chi connectivity index (χ1n) is 9.60. The van der Waals surface area contributed by atoms with E-state index in [2.05, 4.69) is 20.4 Å². The van der Waals surface area contributed by atoms with Crippen molar-refractivity contribution in [1.82, 2.24) is 24.9 Å². The molecule has 8 nitrogen and oxygen atoms in total. The van der Waals surface area contributed by atoms with Crippen LogP contribution in [-0.4, -0.2) is 46.3 Å². The molecule has 0 radical (unpaired) electrons. The van der Waals surface area contributed by atoms with Crippen LogP contribution >= 0.6 is 0 Å². The Hall–Kier alpha value is -3.16. The second-order valence-electron chi connectivity index (χ2n) is 6.92. The van der Waals surface area contributed by atoms with Gasteiger partial charge in [0.15, 0.2) is 11.5 Å². The first-order valence-corrected chi connectivity index (χ1v) is 9.60. The summed E-state index contributed by atoms with van der Waals surface area (Å²) < 4.78 is 12.3. The fourth-order valence-electron chi connectivity index (χ4n) is 3.38. The molecule has 2 aromatic heterocycles. The highest BCUT2D eigenvalue weighted by Gasteiger charge is 2.13. The summed E-state index contributed by atoms with van der Waals surface area (Å²) in [4.78, 5) is 21.1. The third-order valence-electron chi connectivity index (χ3n) is 4.94. The molecule has 3 rings (SSSR count). The van der Waals surface area contributed by atoms with Crippen molar-refractivity contribution in [1.29, 1.82) is 0 Å². The highest BCUT2D eigenvalue weighted by molar-refractivity contribution is 5.76. The molecule has 0 aliphatic rings. The Morgan fingerprint density at radius 1 is 1.07 bits per heavy atom. The SMILES string of the molecule is COc1ccc(CCNC(=O)CCc2c(C)nc3nc(C)nn3c2C)cc1OC. The van der Waals surface area contributed by atoms with Crippen molar-refractivity contribution in [3.63, 3.8) is 0 Å². The van der Waals surface area contributed by atoms with Gasteiger partial charge in [0, 0.05) is 24.4 Å². The smallest absolute Gasteiger partial charge is 0.252 e. The van der Waals surface area contributed by atoms with Crippen LogP contribution in [0.4, 0.5) is 0 Å². The molecule has 0 fully saturated rings. The molecule has 2 heterocycles. The van der Waals surface area contributed by atoms with Gasteiger partial charge in [0.2, 0.25) is 5.91 Å². The molecule has 8 heteroatoms. The number of carbonyl (C=O) groups is 1. The number of rotatable bonds is 8. The van der Waals surface area contributed by atoms with Crippen molar-refractivity contribution >= 4 is 11.7 Å². The van der Waals surface area contributed by atoms with Gasteiger partial charge in [-0.3, -0.25) is 4.79 Å². The number of hydrogen-bond donors (Lipinski definition) is 1. The maximum absolute atomic E-state index is 12.3. The van der Waals surface area contributed by atoms with Crippen molar-refractivity contribution < 1.29 is 14.3 Å². The second kappa shape index (κ2) is 8.89. The van der Waals surface area contributed by atoms with Gasteiger partial charge >= 0.3 is 0 Å². The standard InChI is InChI=1S/C21H27N5O3/c1-13-17(14(2)26-21(23-13)24-15(3)25-26)7-9-20(27)22-11-10-16-6-8-18(28-4)19(12-16)29-5/h6,8,12H,7,9-11H2,1-5H3,(H,22,27). The van der Waals surface area contributed by atoms with E-state index in [0.29, 0.717) is 42.5 Å². The Labute approximate surface area is 170 Å². The van der Waals surface area contributed by atoms with E-state index in [9.17, 15) is 4.79 Å². The molecule has 1 N–H and O–H groups in total. The van der Waals surface area contributed by atoms with E-state index in [1.807, 2.05) is 39.0 Å². The van der Waals surface area contributed by atoms with Crippen molar-refractivity contribution in [3.05, 3.63) is 46.5 Å². The molecule has 0 spiro atoms. The van der Waals surface area contributed by atoms with Crippen LogP contribution in [-0.2, 0) is 17.6 Å². The minimum Gasteiger partial charge on any atom is -0.493 e. The number of nitrogens with one attached hydrogen (secondary N) is 1. The molecular formula is C21H27N5O3. The number of amides is 1. The summed E-state index contributed by atoms with van der Waals surface area (Å²) in [5.74, 6) is 2.68. The summed E-state index contributed by atoms with van der Waals surface area (Å²) in [6.45, 7) is 6.34. The highest BCUT2D eigenvalue weighted by atomic mass is 16.5. The zero-order valence-electron chi connectivity index (χ0n) is 17.6. The molecule has 0 aliphatic carbocycles. The summed E-state index contributed by atoms with van der Waals surface area (Å²) >= 11 is 0. The molecule has 0 atom stereocenters. The lowest BCUT2D eigenvalue weighted by molar-refractivity contribution is -0.121. The second-order valence-corrected chi connectivity index (χ2v) is 6.92. The van der Waals surface area contributed by atoms with Gasteiger partial charge in [0.05, 0.1) is 14.2 Å². The lowest BCUT2D eigenvalue weighted by Gasteiger charge is -2.11. The maximum atomic E-state index is 12.3. The van der Waals surface area contributed by atoms with E-state index in [1.54, 1.807) is 18.7 Å².